The Morgan fingerprint density at radius 2 is 2.24 bits per heavy atom. The molecule has 5 nitrogen and oxygen atoms in total. The van der Waals surface area contributed by atoms with E-state index in [1.807, 2.05) is 12.1 Å². The Hall–Kier alpha value is -2.45. The van der Waals surface area contributed by atoms with Gasteiger partial charge in [-0.25, -0.2) is 9.97 Å². The molecular weight excluding hydrogens is 290 g/mol. The fraction of sp³-hybridized carbons (Fsp3) is 0.200. The van der Waals surface area contributed by atoms with Gasteiger partial charge in [0.15, 0.2) is 5.92 Å². The SMILES string of the molecule is CCOC(=O)C(C#N)c1cc(-c2cccc(Cl)c2)ncn1. The van der Waals surface area contributed by atoms with Crippen molar-refractivity contribution < 1.29 is 9.53 Å². The predicted molar refractivity (Wildman–Crippen MR) is 77.5 cm³/mol. The number of ether oxygens (including phenoxy) is 1. The van der Waals surface area contributed by atoms with E-state index in [9.17, 15) is 4.79 Å². The van der Waals surface area contributed by atoms with Crippen molar-refractivity contribution >= 4 is 17.6 Å². The number of hydrogen-bond donors (Lipinski definition) is 0. The quantitative estimate of drug-likeness (QED) is 0.811. The number of carbonyl (C=O) groups is 1. The molecule has 0 bridgehead atoms. The second kappa shape index (κ2) is 6.82. The molecule has 1 aromatic heterocycles. The summed E-state index contributed by atoms with van der Waals surface area (Å²) in [5.74, 6) is -1.68. The summed E-state index contributed by atoms with van der Waals surface area (Å²) in [6.45, 7) is 1.90. The van der Waals surface area contributed by atoms with Gasteiger partial charge in [0, 0.05) is 10.6 Å². The van der Waals surface area contributed by atoms with Crippen molar-refractivity contribution in [1.29, 1.82) is 5.26 Å². The highest BCUT2D eigenvalue weighted by atomic mass is 35.5. The van der Waals surface area contributed by atoms with Crippen LogP contribution in [-0.4, -0.2) is 22.5 Å². The molecule has 1 aromatic carbocycles. The lowest BCUT2D eigenvalue weighted by Gasteiger charge is -2.09. The van der Waals surface area contributed by atoms with Crippen molar-refractivity contribution in [3.63, 3.8) is 0 Å². The van der Waals surface area contributed by atoms with Gasteiger partial charge in [-0.15, -0.1) is 0 Å². The molecule has 0 spiro atoms. The lowest BCUT2D eigenvalue weighted by Crippen LogP contribution is -2.15. The van der Waals surface area contributed by atoms with E-state index in [0.29, 0.717) is 16.4 Å². The van der Waals surface area contributed by atoms with Crippen LogP contribution in [-0.2, 0) is 9.53 Å². The molecule has 21 heavy (non-hydrogen) atoms. The maximum atomic E-state index is 11.8. The molecule has 106 valence electrons. The number of carbonyl (C=O) groups excluding carboxylic acids is 1. The predicted octanol–water partition coefficient (Wildman–Crippen LogP) is 2.97. The van der Waals surface area contributed by atoms with Crippen LogP contribution >= 0.6 is 11.6 Å². The van der Waals surface area contributed by atoms with Crippen molar-refractivity contribution in [2.75, 3.05) is 6.61 Å². The first-order chi connectivity index (χ1) is 10.2. The molecule has 1 unspecified atom stereocenters. The highest BCUT2D eigenvalue weighted by Gasteiger charge is 2.23. The van der Waals surface area contributed by atoms with Gasteiger partial charge in [0.25, 0.3) is 0 Å². The van der Waals surface area contributed by atoms with Crippen LogP contribution < -0.4 is 0 Å². The third kappa shape index (κ3) is 3.56. The largest absolute Gasteiger partial charge is 0.465 e. The van der Waals surface area contributed by atoms with Gasteiger partial charge in [0.2, 0.25) is 0 Å². The maximum absolute atomic E-state index is 11.8. The summed E-state index contributed by atoms with van der Waals surface area (Å²) in [6.07, 6.45) is 1.31. The number of hydrogen-bond acceptors (Lipinski definition) is 5. The third-order valence-electron chi connectivity index (χ3n) is 2.76. The van der Waals surface area contributed by atoms with Gasteiger partial charge in [-0.1, -0.05) is 23.7 Å². The lowest BCUT2D eigenvalue weighted by atomic mass is 10.0. The molecule has 0 aliphatic carbocycles. The molecule has 0 radical (unpaired) electrons. The Morgan fingerprint density at radius 3 is 2.90 bits per heavy atom. The molecule has 1 heterocycles. The van der Waals surface area contributed by atoms with Gasteiger partial charge in [-0.05, 0) is 25.1 Å². The first-order valence-corrected chi connectivity index (χ1v) is 6.67. The molecule has 0 amide bonds. The molecule has 2 aromatic rings. The molecule has 1 atom stereocenters. The Bertz CT molecular complexity index is 697. The number of nitriles is 1. The van der Waals surface area contributed by atoms with Crippen molar-refractivity contribution in [2.45, 2.75) is 12.8 Å². The Labute approximate surface area is 127 Å². The summed E-state index contributed by atoms with van der Waals surface area (Å²) in [4.78, 5) is 19.9. The third-order valence-corrected chi connectivity index (χ3v) is 2.99. The number of nitrogens with zero attached hydrogens (tertiary/aromatic N) is 3. The first-order valence-electron chi connectivity index (χ1n) is 6.29. The fourth-order valence-electron chi connectivity index (χ4n) is 1.80. The zero-order valence-electron chi connectivity index (χ0n) is 11.3. The number of benzene rings is 1. The summed E-state index contributed by atoms with van der Waals surface area (Å²) < 4.78 is 4.87. The minimum Gasteiger partial charge on any atom is -0.465 e. The molecule has 6 heteroatoms. The second-order valence-electron chi connectivity index (χ2n) is 4.15. The van der Waals surface area contributed by atoms with E-state index in [-0.39, 0.29) is 6.61 Å². The molecule has 0 saturated heterocycles. The second-order valence-corrected chi connectivity index (χ2v) is 4.59. The van der Waals surface area contributed by atoms with Crippen molar-refractivity contribution in [1.82, 2.24) is 9.97 Å². The molecule has 0 aliphatic heterocycles. The summed E-state index contributed by atoms with van der Waals surface area (Å²) in [7, 11) is 0. The van der Waals surface area contributed by atoms with Gasteiger partial charge < -0.3 is 4.74 Å². The first kappa shape index (κ1) is 14.9. The Balaban J connectivity index is 2.37. The smallest absolute Gasteiger partial charge is 0.329 e. The Morgan fingerprint density at radius 1 is 1.43 bits per heavy atom. The lowest BCUT2D eigenvalue weighted by molar-refractivity contribution is -0.143. The van der Waals surface area contributed by atoms with E-state index in [1.54, 1.807) is 31.2 Å². The van der Waals surface area contributed by atoms with E-state index in [0.717, 1.165) is 5.56 Å². The van der Waals surface area contributed by atoms with Crippen LogP contribution in [0.1, 0.15) is 18.5 Å². The van der Waals surface area contributed by atoms with Crippen LogP contribution in [0.15, 0.2) is 36.7 Å². The van der Waals surface area contributed by atoms with E-state index < -0.39 is 11.9 Å². The molecule has 0 aliphatic rings. The number of halogens is 1. The van der Waals surface area contributed by atoms with E-state index in [4.69, 9.17) is 21.6 Å². The monoisotopic (exact) mass is 301 g/mol. The molecule has 0 N–H and O–H groups in total. The van der Waals surface area contributed by atoms with Crippen LogP contribution in [0.2, 0.25) is 5.02 Å². The Kier molecular flexibility index (Phi) is 4.85. The minimum absolute atomic E-state index is 0.212. The summed E-state index contributed by atoms with van der Waals surface area (Å²) >= 11 is 5.95. The number of esters is 1. The van der Waals surface area contributed by atoms with Gasteiger partial charge in [0.1, 0.15) is 6.33 Å². The summed E-state index contributed by atoms with van der Waals surface area (Å²) in [5, 5.41) is 9.73. The van der Waals surface area contributed by atoms with Crippen molar-refractivity contribution in [3.05, 3.63) is 47.4 Å². The van der Waals surface area contributed by atoms with E-state index >= 15 is 0 Å². The van der Waals surface area contributed by atoms with Crippen LogP contribution in [0, 0.1) is 11.3 Å². The van der Waals surface area contributed by atoms with E-state index in [2.05, 4.69) is 9.97 Å². The zero-order valence-corrected chi connectivity index (χ0v) is 12.0. The van der Waals surface area contributed by atoms with Gasteiger partial charge in [-0.3, -0.25) is 4.79 Å². The van der Waals surface area contributed by atoms with Crippen LogP contribution in [0.4, 0.5) is 0 Å². The molecule has 2 rings (SSSR count). The fourth-order valence-corrected chi connectivity index (χ4v) is 1.99. The average Bonchev–Trinajstić information content (AvgIpc) is 2.49. The van der Waals surface area contributed by atoms with Gasteiger partial charge >= 0.3 is 5.97 Å². The van der Waals surface area contributed by atoms with Gasteiger partial charge in [0.05, 0.1) is 24.1 Å². The minimum atomic E-state index is -1.06. The highest BCUT2D eigenvalue weighted by molar-refractivity contribution is 6.30. The van der Waals surface area contributed by atoms with Crippen LogP contribution in [0.5, 0.6) is 0 Å². The maximum Gasteiger partial charge on any atom is 0.329 e. The average molecular weight is 302 g/mol. The summed E-state index contributed by atoms with van der Waals surface area (Å²) in [5.41, 5.74) is 1.68. The van der Waals surface area contributed by atoms with Crippen LogP contribution in [0.25, 0.3) is 11.3 Å². The standard InChI is InChI=1S/C15H12ClN3O2/c1-2-21-15(20)12(8-17)14-7-13(18-9-19-14)10-4-3-5-11(16)6-10/h3-7,9,12H,2H2,1H3. The number of rotatable bonds is 4. The van der Waals surface area contributed by atoms with Crippen molar-refractivity contribution in [2.24, 2.45) is 0 Å². The van der Waals surface area contributed by atoms with E-state index in [1.165, 1.54) is 6.33 Å². The topological polar surface area (TPSA) is 75.9 Å². The zero-order chi connectivity index (χ0) is 15.2. The van der Waals surface area contributed by atoms with Crippen LogP contribution in [0.3, 0.4) is 0 Å². The molecular formula is C15H12ClN3O2. The normalized spacial score (nSPS) is 11.5. The highest BCUT2D eigenvalue weighted by Crippen LogP contribution is 2.23. The van der Waals surface area contributed by atoms with Gasteiger partial charge in [-0.2, -0.15) is 5.26 Å². The number of aromatic nitrogens is 2. The summed E-state index contributed by atoms with van der Waals surface area (Å²) in [6, 6.07) is 10.6. The molecule has 0 saturated carbocycles. The van der Waals surface area contributed by atoms with Crippen molar-refractivity contribution in [3.8, 4) is 17.3 Å². The molecule has 0 fully saturated rings.